The normalized spacial score (nSPS) is 11.9. The molecule has 1 amide bonds. The average molecular weight is 252 g/mol. The number of ether oxygens (including phenoxy) is 2. The highest BCUT2D eigenvalue weighted by atomic mass is 16.5. The van der Waals surface area contributed by atoms with Gasteiger partial charge >= 0.3 is 0 Å². The van der Waals surface area contributed by atoms with Crippen LogP contribution in [0.15, 0.2) is 18.2 Å². The first-order chi connectivity index (χ1) is 8.56. The van der Waals surface area contributed by atoms with Crippen LogP contribution in [0.3, 0.4) is 0 Å². The van der Waals surface area contributed by atoms with Crippen molar-refractivity contribution in [2.45, 2.75) is 25.9 Å². The van der Waals surface area contributed by atoms with Gasteiger partial charge in [-0.2, -0.15) is 0 Å². The smallest absolute Gasteiger partial charge is 0.224 e. The van der Waals surface area contributed by atoms with Gasteiger partial charge < -0.3 is 20.5 Å². The Morgan fingerprint density at radius 3 is 2.72 bits per heavy atom. The molecule has 0 aliphatic carbocycles. The molecule has 1 atom stereocenters. The fourth-order valence-corrected chi connectivity index (χ4v) is 1.49. The lowest BCUT2D eigenvalue weighted by molar-refractivity contribution is -0.116. The number of hydrogen-bond acceptors (Lipinski definition) is 4. The molecule has 0 radical (unpaired) electrons. The van der Waals surface area contributed by atoms with Gasteiger partial charge in [-0.25, -0.2) is 0 Å². The molecule has 0 saturated carbocycles. The van der Waals surface area contributed by atoms with E-state index >= 15 is 0 Å². The maximum absolute atomic E-state index is 11.7. The third-order valence-electron chi connectivity index (χ3n) is 2.69. The Labute approximate surface area is 107 Å². The van der Waals surface area contributed by atoms with E-state index in [1.54, 1.807) is 32.4 Å². The predicted octanol–water partition coefficient (Wildman–Crippen LogP) is 2.03. The first-order valence-corrected chi connectivity index (χ1v) is 5.83. The number of nitrogens with one attached hydrogen (secondary N) is 1. The second kappa shape index (κ2) is 6.86. The molecule has 1 aromatic carbocycles. The molecular weight excluding hydrogens is 232 g/mol. The summed E-state index contributed by atoms with van der Waals surface area (Å²) in [6.45, 7) is 1.93. The third kappa shape index (κ3) is 4.25. The molecule has 0 aliphatic heterocycles. The van der Waals surface area contributed by atoms with Gasteiger partial charge in [-0.3, -0.25) is 4.79 Å². The summed E-state index contributed by atoms with van der Waals surface area (Å²) in [5.74, 6) is 0.546. The van der Waals surface area contributed by atoms with E-state index in [4.69, 9.17) is 15.2 Å². The maximum atomic E-state index is 11.7. The lowest BCUT2D eigenvalue weighted by Crippen LogP contribution is -2.15. The standard InChI is InChI=1S/C13H20N2O3/c1-9(17-2)4-7-13(16)15-10-5-6-12(18-3)11(14)8-10/h5-6,8-9H,4,7,14H2,1-3H3,(H,15,16). The molecule has 0 spiro atoms. The van der Waals surface area contributed by atoms with Crippen molar-refractivity contribution in [3.63, 3.8) is 0 Å². The number of carbonyl (C=O) groups excluding carboxylic acids is 1. The lowest BCUT2D eigenvalue weighted by Gasteiger charge is -2.10. The fraction of sp³-hybridized carbons (Fsp3) is 0.462. The minimum absolute atomic E-state index is 0.0523. The van der Waals surface area contributed by atoms with Crippen molar-refractivity contribution >= 4 is 17.3 Å². The van der Waals surface area contributed by atoms with E-state index in [1.807, 2.05) is 6.92 Å². The monoisotopic (exact) mass is 252 g/mol. The second-order valence-electron chi connectivity index (χ2n) is 4.09. The summed E-state index contributed by atoms with van der Waals surface area (Å²) in [7, 11) is 3.18. The van der Waals surface area contributed by atoms with Crippen molar-refractivity contribution in [2.75, 3.05) is 25.3 Å². The van der Waals surface area contributed by atoms with Gasteiger partial charge in [0.05, 0.1) is 18.9 Å². The Morgan fingerprint density at radius 2 is 2.17 bits per heavy atom. The number of nitrogens with two attached hydrogens (primary N) is 1. The van der Waals surface area contributed by atoms with Crippen LogP contribution in [-0.2, 0) is 9.53 Å². The first kappa shape index (κ1) is 14.3. The largest absolute Gasteiger partial charge is 0.495 e. The van der Waals surface area contributed by atoms with Crippen molar-refractivity contribution in [1.82, 2.24) is 0 Å². The van der Waals surface area contributed by atoms with E-state index in [9.17, 15) is 4.79 Å². The van der Waals surface area contributed by atoms with Crippen LogP contribution >= 0.6 is 0 Å². The van der Waals surface area contributed by atoms with Crippen molar-refractivity contribution in [2.24, 2.45) is 0 Å². The number of nitrogen functional groups attached to an aromatic ring is 1. The number of hydrogen-bond donors (Lipinski definition) is 2. The number of rotatable bonds is 6. The first-order valence-electron chi connectivity index (χ1n) is 5.83. The van der Waals surface area contributed by atoms with Crippen molar-refractivity contribution in [3.8, 4) is 5.75 Å². The lowest BCUT2D eigenvalue weighted by atomic mass is 10.2. The number of methoxy groups -OCH3 is 2. The van der Waals surface area contributed by atoms with Crippen LogP contribution in [0.1, 0.15) is 19.8 Å². The van der Waals surface area contributed by atoms with Crippen LogP contribution in [0.5, 0.6) is 5.75 Å². The molecule has 1 rings (SSSR count). The van der Waals surface area contributed by atoms with Crippen LogP contribution in [0, 0.1) is 0 Å². The summed E-state index contributed by atoms with van der Waals surface area (Å²) >= 11 is 0. The van der Waals surface area contributed by atoms with E-state index in [0.29, 0.717) is 30.0 Å². The zero-order chi connectivity index (χ0) is 13.5. The molecule has 0 saturated heterocycles. The minimum atomic E-state index is -0.0523. The van der Waals surface area contributed by atoms with Crippen molar-refractivity contribution in [1.29, 1.82) is 0 Å². The topological polar surface area (TPSA) is 73.6 Å². The molecule has 3 N–H and O–H groups in total. The molecule has 100 valence electrons. The summed E-state index contributed by atoms with van der Waals surface area (Å²) < 4.78 is 10.1. The molecule has 0 fully saturated rings. The highest BCUT2D eigenvalue weighted by molar-refractivity contribution is 5.91. The Kier molecular flexibility index (Phi) is 5.45. The second-order valence-corrected chi connectivity index (χ2v) is 4.09. The number of carbonyl (C=O) groups is 1. The van der Waals surface area contributed by atoms with Crippen LogP contribution < -0.4 is 15.8 Å². The maximum Gasteiger partial charge on any atom is 0.224 e. The SMILES string of the molecule is COc1ccc(NC(=O)CCC(C)OC)cc1N. The van der Waals surface area contributed by atoms with Crippen LogP contribution in [-0.4, -0.2) is 26.2 Å². The minimum Gasteiger partial charge on any atom is -0.495 e. The summed E-state index contributed by atoms with van der Waals surface area (Å²) in [6, 6.07) is 5.16. The summed E-state index contributed by atoms with van der Waals surface area (Å²) in [5.41, 5.74) is 6.93. The summed E-state index contributed by atoms with van der Waals surface area (Å²) in [6.07, 6.45) is 1.19. The number of benzene rings is 1. The summed E-state index contributed by atoms with van der Waals surface area (Å²) in [5, 5.41) is 2.78. The molecular formula is C13H20N2O3. The molecule has 5 heteroatoms. The van der Waals surface area contributed by atoms with Crippen molar-refractivity contribution in [3.05, 3.63) is 18.2 Å². The molecule has 0 heterocycles. The Hall–Kier alpha value is -1.75. The zero-order valence-corrected chi connectivity index (χ0v) is 11.0. The predicted molar refractivity (Wildman–Crippen MR) is 71.7 cm³/mol. The van der Waals surface area contributed by atoms with E-state index in [1.165, 1.54) is 0 Å². The van der Waals surface area contributed by atoms with Crippen molar-refractivity contribution < 1.29 is 14.3 Å². The average Bonchev–Trinajstić information content (AvgIpc) is 2.36. The molecule has 1 unspecified atom stereocenters. The van der Waals surface area contributed by atoms with E-state index in [0.717, 1.165) is 0 Å². The Bertz CT molecular complexity index is 407. The molecule has 0 aromatic heterocycles. The van der Waals surface area contributed by atoms with Gasteiger partial charge in [-0.05, 0) is 31.5 Å². The van der Waals surface area contributed by atoms with E-state index in [-0.39, 0.29) is 12.0 Å². The number of amides is 1. The van der Waals surface area contributed by atoms with Gasteiger partial charge in [0.15, 0.2) is 0 Å². The van der Waals surface area contributed by atoms with Gasteiger partial charge in [-0.1, -0.05) is 0 Å². The fourth-order valence-electron chi connectivity index (χ4n) is 1.49. The quantitative estimate of drug-likeness (QED) is 0.760. The van der Waals surface area contributed by atoms with Gasteiger partial charge in [-0.15, -0.1) is 0 Å². The van der Waals surface area contributed by atoms with Crippen LogP contribution in [0.4, 0.5) is 11.4 Å². The van der Waals surface area contributed by atoms with Crippen LogP contribution in [0.2, 0.25) is 0 Å². The zero-order valence-electron chi connectivity index (χ0n) is 11.0. The highest BCUT2D eigenvalue weighted by Crippen LogP contribution is 2.24. The van der Waals surface area contributed by atoms with Gasteiger partial charge in [0, 0.05) is 19.2 Å². The molecule has 5 nitrogen and oxygen atoms in total. The third-order valence-corrected chi connectivity index (χ3v) is 2.69. The number of anilines is 2. The van der Waals surface area contributed by atoms with Gasteiger partial charge in [0.2, 0.25) is 5.91 Å². The van der Waals surface area contributed by atoms with E-state index in [2.05, 4.69) is 5.32 Å². The highest BCUT2D eigenvalue weighted by Gasteiger charge is 2.07. The molecule has 18 heavy (non-hydrogen) atoms. The van der Waals surface area contributed by atoms with Crippen LogP contribution in [0.25, 0.3) is 0 Å². The summed E-state index contributed by atoms with van der Waals surface area (Å²) in [4.78, 5) is 11.7. The molecule has 0 bridgehead atoms. The van der Waals surface area contributed by atoms with Gasteiger partial charge in [0.25, 0.3) is 0 Å². The Balaban J connectivity index is 2.52. The molecule has 0 aliphatic rings. The Morgan fingerprint density at radius 1 is 1.44 bits per heavy atom. The van der Waals surface area contributed by atoms with E-state index < -0.39 is 0 Å². The van der Waals surface area contributed by atoms with Gasteiger partial charge in [0.1, 0.15) is 5.75 Å². The molecule has 1 aromatic rings.